The van der Waals surface area contributed by atoms with Gasteiger partial charge in [-0.25, -0.2) is 9.07 Å². The van der Waals surface area contributed by atoms with E-state index in [0.29, 0.717) is 30.2 Å². The van der Waals surface area contributed by atoms with Crippen molar-refractivity contribution in [3.8, 4) is 23.1 Å². The van der Waals surface area contributed by atoms with Gasteiger partial charge in [-0.1, -0.05) is 42.5 Å². The number of nitrogens with zero attached hydrogens (tertiary/aromatic N) is 3. The number of aliphatic hydroxyl groups excluding tert-OH is 1. The molecule has 0 spiro atoms. The van der Waals surface area contributed by atoms with Crippen LogP contribution >= 0.6 is 0 Å². The Morgan fingerprint density at radius 1 is 0.971 bits per heavy atom. The van der Waals surface area contributed by atoms with E-state index in [1.54, 1.807) is 22.9 Å². The summed E-state index contributed by atoms with van der Waals surface area (Å²) in [6, 6.07) is 23.9. The van der Waals surface area contributed by atoms with E-state index in [2.05, 4.69) is 15.4 Å². The minimum Gasteiger partial charge on any atom is -0.460 e. The van der Waals surface area contributed by atoms with E-state index in [-0.39, 0.29) is 24.5 Å². The fraction of sp³-hybridized carbons (Fsp3) is 0.259. The van der Waals surface area contributed by atoms with Crippen LogP contribution in [0.15, 0.2) is 78.9 Å². The number of anilines is 1. The number of nitrogens with one attached hydrogen (secondary N) is 1. The lowest BCUT2D eigenvalue weighted by molar-refractivity contribution is 0.0348. The molecule has 4 aromatic rings. The van der Waals surface area contributed by atoms with Crippen molar-refractivity contribution < 1.29 is 19.0 Å². The molecule has 4 rings (SSSR count). The molecule has 35 heavy (non-hydrogen) atoms. The van der Waals surface area contributed by atoms with Crippen molar-refractivity contribution in [2.45, 2.75) is 32.7 Å². The van der Waals surface area contributed by atoms with Crippen molar-refractivity contribution >= 4 is 5.69 Å². The van der Waals surface area contributed by atoms with E-state index < -0.39 is 6.10 Å². The first kappa shape index (κ1) is 24.4. The number of aromatic nitrogens is 3. The van der Waals surface area contributed by atoms with Gasteiger partial charge < -0.3 is 19.9 Å². The Kier molecular flexibility index (Phi) is 8.07. The molecule has 0 bridgehead atoms. The minimum atomic E-state index is -0.655. The molecule has 1 aromatic heterocycles. The van der Waals surface area contributed by atoms with Crippen LogP contribution in [0.3, 0.4) is 0 Å². The van der Waals surface area contributed by atoms with Gasteiger partial charge in [0.15, 0.2) is 5.82 Å². The highest BCUT2D eigenvalue weighted by atomic mass is 19.1. The Hall–Kier alpha value is -3.75. The van der Waals surface area contributed by atoms with E-state index in [1.807, 2.05) is 68.4 Å². The van der Waals surface area contributed by atoms with Crippen LogP contribution in [0.2, 0.25) is 0 Å². The zero-order chi connectivity index (χ0) is 24.6. The number of ether oxygens (including phenoxy) is 2. The second-order valence-electron chi connectivity index (χ2n) is 8.36. The Balaban J connectivity index is 1.40. The average Bonchev–Trinajstić information content (AvgIpc) is 3.27. The van der Waals surface area contributed by atoms with Gasteiger partial charge in [-0.3, -0.25) is 0 Å². The van der Waals surface area contributed by atoms with E-state index >= 15 is 0 Å². The van der Waals surface area contributed by atoms with Crippen molar-refractivity contribution in [3.63, 3.8) is 0 Å². The Morgan fingerprint density at radius 2 is 1.69 bits per heavy atom. The summed E-state index contributed by atoms with van der Waals surface area (Å²) in [6.45, 7) is 4.78. The first-order valence-corrected chi connectivity index (χ1v) is 11.5. The van der Waals surface area contributed by atoms with Crippen molar-refractivity contribution in [2.75, 3.05) is 18.5 Å². The third-order valence-electron chi connectivity index (χ3n) is 5.12. The third-order valence-corrected chi connectivity index (χ3v) is 5.12. The molecule has 8 heteroatoms. The Morgan fingerprint density at radius 3 is 2.40 bits per heavy atom. The number of aliphatic hydroxyl groups is 1. The quantitative estimate of drug-likeness (QED) is 0.322. The van der Waals surface area contributed by atoms with Crippen LogP contribution in [-0.2, 0) is 11.3 Å². The van der Waals surface area contributed by atoms with Gasteiger partial charge in [-0.05, 0) is 55.8 Å². The van der Waals surface area contributed by atoms with Crippen LogP contribution < -0.4 is 10.1 Å². The molecule has 7 nitrogen and oxygen atoms in total. The largest absolute Gasteiger partial charge is 0.460 e. The molecular weight excluding hydrogens is 447 g/mol. The molecule has 0 aliphatic carbocycles. The Labute approximate surface area is 204 Å². The minimum absolute atomic E-state index is 0.117. The zero-order valence-electron chi connectivity index (χ0n) is 19.8. The predicted molar refractivity (Wildman–Crippen MR) is 133 cm³/mol. The smallest absolute Gasteiger partial charge is 0.336 e. The molecule has 0 radical (unpaired) electrons. The topological polar surface area (TPSA) is 81.4 Å². The van der Waals surface area contributed by atoms with Crippen molar-refractivity contribution in [1.82, 2.24) is 14.8 Å². The van der Waals surface area contributed by atoms with Gasteiger partial charge in [0, 0.05) is 12.2 Å². The second kappa shape index (κ2) is 11.6. The molecule has 1 heterocycles. The number of hydrogen-bond acceptors (Lipinski definition) is 6. The van der Waals surface area contributed by atoms with E-state index in [4.69, 9.17) is 9.47 Å². The average molecular weight is 477 g/mol. The van der Waals surface area contributed by atoms with E-state index in [0.717, 1.165) is 11.3 Å². The summed E-state index contributed by atoms with van der Waals surface area (Å²) in [5.74, 6) is -0.0375. The van der Waals surface area contributed by atoms with Gasteiger partial charge in [0.2, 0.25) is 0 Å². The third kappa shape index (κ3) is 6.65. The maximum absolute atomic E-state index is 14.5. The van der Waals surface area contributed by atoms with Gasteiger partial charge >= 0.3 is 6.01 Å². The summed E-state index contributed by atoms with van der Waals surface area (Å²) in [5.41, 5.74) is 2.92. The number of benzene rings is 3. The van der Waals surface area contributed by atoms with Crippen LogP contribution in [0, 0.1) is 5.82 Å². The molecule has 182 valence electrons. The number of halogens is 1. The summed E-state index contributed by atoms with van der Waals surface area (Å²) in [6.07, 6.45) is -0.772. The lowest BCUT2D eigenvalue weighted by Gasteiger charge is -2.14. The monoisotopic (exact) mass is 476 g/mol. The fourth-order valence-electron chi connectivity index (χ4n) is 3.45. The van der Waals surface area contributed by atoms with Crippen molar-refractivity contribution in [1.29, 1.82) is 0 Å². The predicted octanol–water partition coefficient (Wildman–Crippen LogP) is 4.85. The first-order valence-electron chi connectivity index (χ1n) is 11.5. The van der Waals surface area contributed by atoms with Gasteiger partial charge in [0.25, 0.3) is 0 Å². The SMILES string of the molecule is CC(C)Oc1nc(-c2ccccc2F)n(-c2ccc(NCC(O)COCc3ccccc3)cc2)n1. The summed E-state index contributed by atoms with van der Waals surface area (Å²) in [4.78, 5) is 4.42. The van der Waals surface area contributed by atoms with E-state index in [1.165, 1.54) is 6.07 Å². The van der Waals surface area contributed by atoms with Crippen LogP contribution in [0.1, 0.15) is 19.4 Å². The van der Waals surface area contributed by atoms with Crippen molar-refractivity contribution in [3.05, 3.63) is 90.2 Å². The summed E-state index contributed by atoms with van der Waals surface area (Å²) in [5, 5.41) is 17.9. The highest BCUT2D eigenvalue weighted by molar-refractivity contribution is 5.60. The molecule has 0 aliphatic rings. The molecule has 2 N–H and O–H groups in total. The normalized spacial score (nSPS) is 12.0. The van der Waals surface area contributed by atoms with Crippen molar-refractivity contribution in [2.24, 2.45) is 0 Å². The highest BCUT2D eigenvalue weighted by Gasteiger charge is 2.18. The Bertz CT molecular complexity index is 1210. The molecule has 1 unspecified atom stereocenters. The molecule has 0 amide bonds. The maximum atomic E-state index is 14.5. The molecule has 0 saturated carbocycles. The van der Waals surface area contributed by atoms with Crippen LogP contribution in [0.4, 0.5) is 10.1 Å². The van der Waals surface area contributed by atoms with Crippen LogP contribution in [0.25, 0.3) is 17.1 Å². The van der Waals surface area contributed by atoms with Gasteiger partial charge in [-0.15, -0.1) is 5.10 Å². The standard InChI is InChI=1S/C27H29FN4O3/c1-19(2)35-27-30-26(24-10-6-7-11-25(24)28)32(31-27)22-14-12-21(13-15-22)29-16-23(33)18-34-17-20-8-4-3-5-9-20/h3-15,19,23,29,33H,16-18H2,1-2H3. The van der Waals surface area contributed by atoms with Gasteiger partial charge in [0.05, 0.1) is 36.7 Å². The summed E-state index contributed by atoms with van der Waals surface area (Å²) in [7, 11) is 0. The number of hydrogen-bond donors (Lipinski definition) is 2. The van der Waals surface area contributed by atoms with Crippen LogP contribution in [0.5, 0.6) is 6.01 Å². The highest BCUT2D eigenvalue weighted by Crippen LogP contribution is 2.26. The lowest BCUT2D eigenvalue weighted by Crippen LogP contribution is -2.24. The molecule has 0 fully saturated rings. The lowest BCUT2D eigenvalue weighted by atomic mass is 10.2. The summed E-state index contributed by atoms with van der Waals surface area (Å²) < 4.78 is 27.3. The number of rotatable bonds is 11. The zero-order valence-corrected chi connectivity index (χ0v) is 19.8. The first-order chi connectivity index (χ1) is 17.0. The second-order valence-corrected chi connectivity index (χ2v) is 8.36. The van der Waals surface area contributed by atoms with Gasteiger partial charge in [-0.2, -0.15) is 4.98 Å². The maximum Gasteiger partial charge on any atom is 0.336 e. The summed E-state index contributed by atoms with van der Waals surface area (Å²) >= 11 is 0. The molecule has 1 atom stereocenters. The fourth-order valence-corrected chi connectivity index (χ4v) is 3.45. The van der Waals surface area contributed by atoms with E-state index in [9.17, 15) is 9.50 Å². The van der Waals surface area contributed by atoms with Gasteiger partial charge in [0.1, 0.15) is 5.82 Å². The molecule has 0 aliphatic heterocycles. The van der Waals surface area contributed by atoms with Crippen LogP contribution in [-0.4, -0.2) is 45.2 Å². The molecular formula is C27H29FN4O3. The molecule has 0 saturated heterocycles. The molecule has 3 aromatic carbocycles.